The molecule has 1 amide bonds. The van der Waals surface area contributed by atoms with Gasteiger partial charge in [-0.15, -0.1) is 0 Å². The highest BCUT2D eigenvalue weighted by Gasteiger charge is 2.36. The van der Waals surface area contributed by atoms with E-state index < -0.39 is 28.8 Å². The number of fused-ring (bicyclic) bond motifs is 1. The predicted molar refractivity (Wildman–Crippen MR) is 84.9 cm³/mol. The molecule has 2 atom stereocenters. The van der Waals surface area contributed by atoms with Crippen molar-refractivity contribution in [1.29, 1.82) is 0 Å². The van der Waals surface area contributed by atoms with E-state index in [0.29, 0.717) is 11.3 Å². The molecule has 0 spiro atoms. The second-order valence-corrected chi connectivity index (χ2v) is 6.15. The zero-order valence-electron chi connectivity index (χ0n) is 12.8. The molecule has 25 heavy (non-hydrogen) atoms. The monoisotopic (exact) mass is 370 g/mol. The van der Waals surface area contributed by atoms with Gasteiger partial charge in [-0.1, -0.05) is 29.8 Å². The summed E-state index contributed by atoms with van der Waals surface area (Å²) >= 11 is 5.82. The number of aliphatic hydroxyl groups is 1. The molecule has 132 valence electrons. The standard InChI is InChI=1S/C17H14ClF3N2O2/c18-14-9(3-1-5-12(14)17(19,20)21)8-23-16(25)11-7-13(24)15-10(11)4-2-6-22-15/h1-6,11,13,24H,7-8H2,(H,23,25). The molecule has 2 N–H and O–H groups in total. The van der Waals surface area contributed by atoms with Crippen molar-refractivity contribution in [3.8, 4) is 0 Å². The van der Waals surface area contributed by atoms with Crippen molar-refractivity contribution in [3.63, 3.8) is 0 Å². The summed E-state index contributed by atoms with van der Waals surface area (Å²) in [5.41, 5.74) is 0.323. The second-order valence-electron chi connectivity index (χ2n) is 5.78. The maximum Gasteiger partial charge on any atom is 0.417 e. The number of nitrogens with zero attached hydrogens (tertiary/aromatic N) is 1. The molecule has 4 nitrogen and oxygen atoms in total. The van der Waals surface area contributed by atoms with Crippen LogP contribution in [0, 0.1) is 0 Å². The fraction of sp³-hybridized carbons (Fsp3) is 0.294. The Labute approximate surface area is 146 Å². The molecule has 1 heterocycles. The normalized spacial score (nSPS) is 19.6. The van der Waals surface area contributed by atoms with Crippen LogP contribution in [0.5, 0.6) is 0 Å². The number of carbonyl (C=O) groups is 1. The zero-order chi connectivity index (χ0) is 18.2. The van der Waals surface area contributed by atoms with Crippen molar-refractivity contribution < 1.29 is 23.1 Å². The number of nitrogens with one attached hydrogen (secondary N) is 1. The van der Waals surface area contributed by atoms with E-state index in [1.54, 1.807) is 12.1 Å². The van der Waals surface area contributed by atoms with Crippen molar-refractivity contribution in [1.82, 2.24) is 10.3 Å². The van der Waals surface area contributed by atoms with E-state index >= 15 is 0 Å². The number of pyridine rings is 1. The van der Waals surface area contributed by atoms with Crippen molar-refractivity contribution in [2.45, 2.75) is 31.2 Å². The molecular formula is C17H14ClF3N2O2. The molecule has 2 unspecified atom stereocenters. The molecule has 0 saturated carbocycles. The van der Waals surface area contributed by atoms with Crippen LogP contribution in [0.15, 0.2) is 36.5 Å². The van der Waals surface area contributed by atoms with Crippen molar-refractivity contribution in [3.05, 3.63) is 63.9 Å². The summed E-state index contributed by atoms with van der Waals surface area (Å²) in [5.74, 6) is -0.984. The van der Waals surface area contributed by atoms with Gasteiger partial charge in [0.25, 0.3) is 0 Å². The lowest BCUT2D eigenvalue weighted by atomic mass is 10.0. The van der Waals surface area contributed by atoms with Crippen LogP contribution < -0.4 is 5.32 Å². The molecule has 0 saturated heterocycles. The number of carbonyl (C=O) groups excluding carboxylic acids is 1. The minimum atomic E-state index is -4.56. The van der Waals surface area contributed by atoms with Crippen LogP contribution in [0.2, 0.25) is 5.02 Å². The van der Waals surface area contributed by atoms with Gasteiger partial charge in [0.1, 0.15) is 0 Å². The van der Waals surface area contributed by atoms with E-state index in [1.165, 1.54) is 18.3 Å². The third kappa shape index (κ3) is 3.48. The summed E-state index contributed by atoms with van der Waals surface area (Å²) in [5, 5.41) is 12.1. The number of hydrogen-bond acceptors (Lipinski definition) is 3. The molecule has 0 aliphatic heterocycles. The molecule has 0 bridgehead atoms. The summed E-state index contributed by atoms with van der Waals surface area (Å²) in [4.78, 5) is 16.5. The number of rotatable bonds is 3. The maximum absolute atomic E-state index is 12.9. The van der Waals surface area contributed by atoms with Crippen molar-refractivity contribution in [2.75, 3.05) is 0 Å². The highest BCUT2D eigenvalue weighted by Crippen LogP contribution is 2.39. The van der Waals surface area contributed by atoms with E-state index in [0.717, 1.165) is 6.07 Å². The first kappa shape index (κ1) is 17.7. The Hall–Kier alpha value is -2.12. The molecule has 2 aromatic rings. The Bertz CT molecular complexity index is 811. The fourth-order valence-corrected chi connectivity index (χ4v) is 3.25. The number of hydrogen-bond donors (Lipinski definition) is 2. The van der Waals surface area contributed by atoms with Crippen LogP contribution in [0.1, 0.15) is 40.8 Å². The van der Waals surface area contributed by atoms with Crippen molar-refractivity contribution in [2.24, 2.45) is 0 Å². The molecule has 0 fully saturated rings. The van der Waals surface area contributed by atoms with E-state index in [-0.39, 0.29) is 24.4 Å². The summed E-state index contributed by atoms with van der Waals surface area (Å²) in [6.45, 7) is -0.135. The average Bonchev–Trinajstić information content (AvgIpc) is 2.90. The quantitative estimate of drug-likeness (QED) is 0.868. The highest BCUT2D eigenvalue weighted by molar-refractivity contribution is 6.32. The first-order chi connectivity index (χ1) is 11.8. The minimum Gasteiger partial charge on any atom is -0.387 e. The lowest BCUT2D eigenvalue weighted by Crippen LogP contribution is -2.28. The van der Waals surface area contributed by atoms with Gasteiger partial charge in [-0.25, -0.2) is 0 Å². The van der Waals surface area contributed by atoms with Crippen LogP contribution in [-0.2, 0) is 17.5 Å². The summed E-state index contributed by atoms with van der Waals surface area (Å²) < 4.78 is 38.6. The summed E-state index contributed by atoms with van der Waals surface area (Å²) in [6.07, 6.45) is -3.67. The molecule has 1 aliphatic rings. The first-order valence-corrected chi connectivity index (χ1v) is 7.92. The topological polar surface area (TPSA) is 62.2 Å². The number of amides is 1. The predicted octanol–water partition coefficient (Wildman–Crippen LogP) is 3.59. The van der Waals surface area contributed by atoms with Crippen LogP contribution in [0.4, 0.5) is 13.2 Å². The van der Waals surface area contributed by atoms with Crippen LogP contribution in [-0.4, -0.2) is 16.0 Å². The molecular weight excluding hydrogens is 357 g/mol. The number of aliphatic hydroxyl groups excluding tert-OH is 1. The van der Waals surface area contributed by atoms with Gasteiger partial charge in [-0.05, 0) is 29.7 Å². The third-order valence-corrected chi connectivity index (χ3v) is 4.62. The highest BCUT2D eigenvalue weighted by atomic mass is 35.5. The first-order valence-electron chi connectivity index (χ1n) is 7.54. The number of alkyl halides is 3. The zero-order valence-corrected chi connectivity index (χ0v) is 13.6. The minimum absolute atomic E-state index is 0.135. The lowest BCUT2D eigenvalue weighted by Gasteiger charge is -2.15. The van der Waals surface area contributed by atoms with Gasteiger partial charge in [-0.3, -0.25) is 9.78 Å². The number of halogens is 4. The molecule has 0 radical (unpaired) electrons. The Kier molecular flexibility index (Phi) is 4.71. The van der Waals surface area contributed by atoms with Crippen molar-refractivity contribution >= 4 is 17.5 Å². The van der Waals surface area contributed by atoms with Gasteiger partial charge in [0, 0.05) is 12.7 Å². The second kappa shape index (κ2) is 6.65. The van der Waals surface area contributed by atoms with E-state index in [9.17, 15) is 23.1 Å². The van der Waals surface area contributed by atoms with E-state index in [2.05, 4.69) is 10.3 Å². The molecule has 8 heteroatoms. The largest absolute Gasteiger partial charge is 0.417 e. The maximum atomic E-state index is 12.9. The molecule has 3 rings (SSSR count). The van der Waals surface area contributed by atoms with E-state index in [4.69, 9.17) is 11.6 Å². The smallest absolute Gasteiger partial charge is 0.387 e. The van der Waals surface area contributed by atoms with Crippen LogP contribution in [0.3, 0.4) is 0 Å². The summed E-state index contributed by atoms with van der Waals surface area (Å²) in [6, 6.07) is 6.94. The number of aromatic nitrogens is 1. The fourth-order valence-electron chi connectivity index (χ4n) is 2.95. The van der Waals surface area contributed by atoms with Crippen LogP contribution >= 0.6 is 11.6 Å². The molecule has 1 aromatic carbocycles. The molecule has 1 aliphatic carbocycles. The van der Waals surface area contributed by atoms with Gasteiger partial charge in [-0.2, -0.15) is 13.2 Å². The Morgan fingerprint density at radius 1 is 1.32 bits per heavy atom. The third-order valence-electron chi connectivity index (χ3n) is 4.17. The lowest BCUT2D eigenvalue weighted by molar-refractivity contribution is -0.137. The van der Waals surface area contributed by atoms with Crippen LogP contribution in [0.25, 0.3) is 0 Å². The Balaban J connectivity index is 1.74. The van der Waals surface area contributed by atoms with Gasteiger partial charge < -0.3 is 10.4 Å². The van der Waals surface area contributed by atoms with Gasteiger partial charge in [0.2, 0.25) is 5.91 Å². The van der Waals surface area contributed by atoms with Gasteiger partial charge >= 0.3 is 6.18 Å². The molecule has 1 aromatic heterocycles. The number of benzene rings is 1. The average molecular weight is 371 g/mol. The Morgan fingerprint density at radius 3 is 2.80 bits per heavy atom. The van der Waals surface area contributed by atoms with E-state index in [1.807, 2.05) is 0 Å². The summed E-state index contributed by atoms with van der Waals surface area (Å²) in [7, 11) is 0. The Morgan fingerprint density at radius 2 is 2.08 bits per heavy atom. The SMILES string of the molecule is O=C(NCc1cccc(C(F)(F)F)c1Cl)C1CC(O)c2ncccc21. The van der Waals surface area contributed by atoms with Gasteiger partial charge in [0.15, 0.2) is 0 Å². The van der Waals surface area contributed by atoms with Gasteiger partial charge in [0.05, 0.1) is 28.3 Å².